The van der Waals surface area contributed by atoms with Crippen molar-refractivity contribution >= 4 is 22.6 Å². The highest BCUT2D eigenvalue weighted by Crippen LogP contribution is 2.19. The van der Waals surface area contributed by atoms with Crippen molar-refractivity contribution in [2.24, 2.45) is 5.84 Å². The van der Waals surface area contributed by atoms with E-state index in [-0.39, 0.29) is 6.04 Å². The topological polar surface area (TPSA) is 63.8 Å². The zero-order valence-electron chi connectivity index (χ0n) is 11.3. The van der Waals surface area contributed by atoms with Gasteiger partial charge in [0, 0.05) is 5.02 Å². The maximum absolute atomic E-state index is 5.90. The van der Waals surface area contributed by atoms with Gasteiger partial charge in [0.25, 0.3) is 0 Å². The smallest absolute Gasteiger partial charge is 0.0890 e. The number of aromatic nitrogens is 2. The first-order chi connectivity index (χ1) is 10.3. The summed E-state index contributed by atoms with van der Waals surface area (Å²) in [5.41, 5.74) is 6.52. The van der Waals surface area contributed by atoms with Crippen LogP contribution in [0.3, 0.4) is 0 Å². The van der Waals surface area contributed by atoms with Gasteiger partial charge < -0.3 is 0 Å². The van der Waals surface area contributed by atoms with Crippen molar-refractivity contribution in [2.45, 2.75) is 12.5 Å². The third-order valence-corrected chi connectivity index (χ3v) is 3.63. The van der Waals surface area contributed by atoms with E-state index < -0.39 is 0 Å². The van der Waals surface area contributed by atoms with Crippen molar-refractivity contribution in [2.75, 3.05) is 0 Å². The van der Waals surface area contributed by atoms with E-state index in [1.807, 2.05) is 48.5 Å². The average Bonchev–Trinajstić information content (AvgIpc) is 2.54. The SMILES string of the molecule is NNC(Cc1ccc(Cl)cc1)c1cnc2ccccc2n1. The van der Waals surface area contributed by atoms with E-state index in [4.69, 9.17) is 17.4 Å². The molecule has 3 aromatic rings. The van der Waals surface area contributed by atoms with Gasteiger partial charge in [0.2, 0.25) is 0 Å². The van der Waals surface area contributed by atoms with E-state index >= 15 is 0 Å². The second-order valence-electron chi connectivity index (χ2n) is 4.83. The Morgan fingerprint density at radius 2 is 1.76 bits per heavy atom. The fourth-order valence-electron chi connectivity index (χ4n) is 2.24. The van der Waals surface area contributed by atoms with E-state index in [1.54, 1.807) is 6.20 Å². The molecule has 2 aromatic carbocycles. The van der Waals surface area contributed by atoms with Gasteiger partial charge in [-0.15, -0.1) is 0 Å². The first kappa shape index (κ1) is 13.9. The van der Waals surface area contributed by atoms with Crippen LogP contribution in [0.1, 0.15) is 17.3 Å². The Labute approximate surface area is 128 Å². The molecular weight excluding hydrogens is 284 g/mol. The van der Waals surface area contributed by atoms with Crippen LogP contribution >= 0.6 is 11.6 Å². The monoisotopic (exact) mass is 298 g/mol. The van der Waals surface area contributed by atoms with Crippen LogP contribution in [-0.4, -0.2) is 9.97 Å². The minimum Gasteiger partial charge on any atom is -0.271 e. The van der Waals surface area contributed by atoms with Crippen molar-refractivity contribution < 1.29 is 0 Å². The summed E-state index contributed by atoms with van der Waals surface area (Å²) in [6.45, 7) is 0. The van der Waals surface area contributed by atoms with Crippen LogP contribution < -0.4 is 11.3 Å². The van der Waals surface area contributed by atoms with Crippen LogP contribution in [0.15, 0.2) is 54.7 Å². The van der Waals surface area contributed by atoms with Gasteiger partial charge in [-0.3, -0.25) is 16.3 Å². The van der Waals surface area contributed by atoms with Gasteiger partial charge in [0.1, 0.15) is 0 Å². The molecule has 1 atom stereocenters. The molecule has 0 fully saturated rings. The van der Waals surface area contributed by atoms with Crippen LogP contribution in [0.25, 0.3) is 11.0 Å². The zero-order chi connectivity index (χ0) is 14.7. The molecule has 0 aliphatic heterocycles. The number of fused-ring (bicyclic) bond motifs is 1. The Hall–Kier alpha value is -2.01. The maximum atomic E-state index is 5.90. The Morgan fingerprint density at radius 1 is 1.05 bits per heavy atom. The standard InChI is InChI=1S/C16H15ClN4/c17-12-7-5-11(6-8-12)9-15(21-18)16-10-19-13-3-1-2-4-14(13)20-16/h1-8,10,15,21H,9,18H2. The van der Waals surface area contributed by atoms with Gasteiger partial charge in [-0.05, 0) is 36.2 Å². The summed E-state index contributed by atoms with van der Waals surface area (Å²) in [6.07, 6.45) is 2.49. The molecule has 0 aliphatic carbocycles. The predicted octanol–water partition coefficient (Wildman–Crippen LogP) is 3.03. The molecule has 0 radical (unpaired) electrons. The highest BCUT2D eigenvalue weighted by Gasteiger charge is 2.13. The van der Waals surface area contributed by atoms with E-state index in [2.05, 4.69) is 15.4 Å². The van der Waals surface area contributed by atoms with Gasteiger partial charge in [0.15, 0.2) is 0 Å². The number of rotatable bonds is 4. The first-order valence-electron chi connectivity index (χ1n) is 6.68. The Morgan fingerprint density at radius 3 is 2.48 bits per heavy atom. The largest absolute Gasteiger partial charge is 0.271 e. The summed E-state index contributed by atoms with van der Waals surface area (Å²) in [7, 11) is 0. The van der Waals surface area contributed by atoms with Crippen molar-refractivity contribution in [1.29, 1.82) is 0 Å². The summed E-state index contributed by atoms with van der Waals surface area (Å²) >= 11 is 5.90. The molecule has 3 rings (SSSR count). The molecule has 21 heavy (non-hydrogen) atoms. The lowest BCUT2D eigenvalue weighted by molar-refractivity contribution is 0.538. The highest BCUT2D eigenvalue weighted by molar-refractivity contribution is 6.30. The first-order valence-corrected chi connectivity index (χ1v) is 7.06. The van der Waals surface area contributed by atoms with E-state index in [0.717, 1.165) is 33.7 Å². The molecular formula is C16H15ClN4. The van der Waals surface area contributed by atoms with E-state index in [0.29, 0.717) is 0 Å². The summed E-state index contributed by atoms with van der Waals surface area (Å²) < 4.78 is 0. The predicted molar refractivity (Wildman–Crippen MR) is 84.8 cm³/mol. The lowest BCUT2D eigenvalue weighted by atomic mass is 10.0. The number of para-hydroxylation sites is 2. The number of halogens is 1. The van der Waals surface area contributed by atoms with Gasteiger partial charge in [-0.1, -0.05) is 35.9 Å². The van der Waals surface area contributed by atoms with Crippen molar-refractivity contribution in [3.05, 3.63) is 71.0 Å². The highest BCUT2D eigenvalue weighted by atomic mass is 35.5. The number of nitrogens with zero attached hydrogens (tertiary/aromatic N) is 2. The normalized spacial score (nSPS) is 12.5. The molecule has 0 saturated carbocycles. The molecule has 0 bridgehead atoms. The summed E-state index contributed by atoms with van der Waals surface area (Å²) in [4.78, 5) is 9.06. The molecule has 106 valence electrons. The summed E-state index contributed by atoms with van der Waals surface area (Å²) in [5.74, 6) is 5.68. The fourth-order valence-corrected chi connectivity index (χ4v) is 2.37. The van der Waals surface area contributed by atoms with Crippen LogP contribution in [0, 0.1) is 0 Å². The molecule has 0 amide bonds. The lowest BCUT2D eigenvalue weighted by Gasteiger charge is -2.15. The number of hydrogen-bond acceptors (Lipinski definition) is 4. The molecule has 1 unspecified atom stereocenters. The average molecular weight is 299 g/mol. The van der Waals surface area contributed by atoms with Crippen LogP contribution in [0.2, 0.25) is 5.02 Å². The Bertz CT molecular complexity index is 743. The molecule has 1 heterocycles. The van der Waals surface area contributed by atoms with Crippen LogP contribution in [0.4, 0.5) is 0 Å². The molecule has 3 N–H and O–H groups in total. The minimum atomic E-state index is -0.0942. The Balaban J connectivity index is 1.88. The third-order valence-electron chi connectivity index (χ3n) is 3.38. The van der Waals surface area contributed by atoms with Crippen LogP contribution in [0.5, 0.6) is 0 Å². The van der Waals surface area contributed by atoms with Crippen LogP contribution in [-0.2, 0) is 6.42 Å². The zero-order valence-corrected chi connectivity index (χ0v) is 12.1. The van der Waals surface area contributed by atoms with Crippen molar-refractivity contribution in [1.82, 2.24) is 15.4 Å². The molecule has 4 nitrogen and oxygen atoms in total. The van der Waals surface area contributed by atoms with Gasteiger partial charge in [0.05, 0.1) is 29.0 Å². The van der Waals surface area contributed by atoms with E-state index in [9.17, 15) is 0 Å². The maximum Gasteiger partial charge on any atom is 0.0890 e. The molecule has 1 aromatic heterocycles. The third kappa shape index (κ3) is 3.19. The molecule has 5 heteroatoms. The second kappa shape index (κ2) is 6.18. The van der Waals surface area contributed by atoms with Gasteiger partial charge in [-0.2, -0.15) is 0 Å². The molecule has 0 saturated heterocycles. The number of hydrogen-bond donors (Lipinski definition) is 2. The van der Waals surface area contributed by atoms with Gasteiger partial charge in [-0.25, -0.2) is 4.98 Å². The van der Waals surface area contributed by atoms with Crippen molar-refractivity contribution in [3.8, 4) is 0 Å². The number of hydrazine groups is 1. The van der Waals surface area contributed by atoms with Gasteiger partial charge >= 0.3 is 0 Å². The Kier molecular flexibility index (Phi) is 4.10. The second-order valence-corrected chi connectivity index (χ2v) is 5.27. The summed E-state index contributed by atoms with van der Waals surface area (Å²) in [6, 6.07) is 15.4. The quantitative estimate of drug-likeness (QED) is 0.574. The fraction of sp³-hybridized carbons (Fsp3) is 0.125. The van der Waals surface area contributed by atoms with Crippen molar-refractivity contribution in [3.63, 3.8) is 0 Å². The minimum absolute atomic E-state index is 0.0942. The molecule has 0 spiro atoms. The molecule has 0 aliphatic rings. The van der Waals surface area contributed by atoms with E-state index in [1.165, 1.54) is 0 Å². The number of nitrogens with two attached hydrogens (primary N) is 1. The lowest BCUT2D eigenvalue weighted by Crippen LogP contribution is -2.30. The summed E-state index contributed by atoms with van der Waals surface area (Å²) in [5, 5.41) is 0.724. The number of benzene rings is 2. The number of nitrogens with one attached hydrogen (secondary N) is 1.